The fourth-order valence-electron chi connectivity index (χ4n) is 3.78. The molecule has 6 nitrogen and oxygen atoms in total. The van der Waals surface area contributed by atoms with Crippen LogP contribution in [0.25, 0.3) is 11.3 Å². The molecular weight excluding hydrogens is 408 g/mol. The molecule has 0 radical (unpaired) electrons. The van der Waals surface area contributed by atoms with Gasteiger partial charge < -0.3 is 4.90 Å². The minimum atomic E-state index is -3.27. The van der Waals surface area contributed by atoms with Crippen molar-refractivity contribution in [1.82, 2.24) is 14.5 Å². The Morgan fingerprint density at radius 1 is 0.806 bits per heavy atom. The Labute approximate surface area is 184 Å². The Balaban J connectivity index is 1.33. The number of nitrogens with zero attached hydrogens (tertiary/aromatic N) is 4. The zero-order chi connectivity index (χ0) is 21.7. The standard InChI is InChI=1S/C24H28N4O2S/c1-2-20-8-10-22(11-9-20)23-12-13-24(26-25-23)27-15-17-28(18-16-27)31(29,30)19-14-21-6-4-3-5-7-21/h3-13H,2,14-19H2,1H3. The van der Waals surface area contributed by atoms with E-state index in [1.807, 2.05) is 42.5 Å². The van der Waals surface area contributed by atoms with Gasteiger partial charge in [-0.05, 0) is 36.1 Å². The first-order valence-corrected chi connectivity index (χ1v) is 12.4. The third-order valence-electron chi connectivity index (χ3n) is 5.76. The second-order valence-corrected chi connectivity index (χ2v) is 9.85. The number of aromatic nitrogens is 2. The number of anilines is 1. The number of piperazine rings is 1. The molecule has 1 fully saturated rings. The van der Waals surface area contributed by atoms with Crippen LogP contribution in [0.4, 0.5) is 5.82 Å². The molecule has 0 amide bonds. The van der Waals surface area contributed by atoms with Gasteiger partial charge in [0.1, 0.15) is 0 Å². The van der Waals surface area contributed by atoms with E-state index < -0.39 is 10.0 Å². The summed E-state index contributed by atoms with van der Waals surface area (Å²) in [5.41, 5.74) is 4.23. The highest BCUT2D eigenvalue weighted by molar-refractivity contribution is 7.89. The van der Waals surface area contributed by atoms with Gasteiger partial charge in [-0.15, -0.1) is 10.2 Å². The molecule has 0 unspecified atom stereocenters. The van der Waals surface area contributed by atoms with Gasteiger partial charge in [0.05, 0.1) is 11.4 Å². The van der Waals surface area contributed by atoms with Crippen molar-refractivity contribution in [2.24, 2.45) is 0 Å². The van der Waals surface area contributed by atoms with E-state index >= 15 is 0 Å². The third-order valence-corrected chi connectivity index (χ3v) is 7.63. The second-order valence-electron chi connectivity index (χ2n) is 7.76. The lowest BCUT2D eigenvalue weighted by Crippen LogP contribution is -2.49. The normalized spacial score (nSPS) is 15.2. The fourth-order valence-corrected chi connectivity index (χ4v) is 5.25. The van der Waals surface area contributed by atoms with Crippen molar-refractivity contribution in [2.75, 3.05) is 36.8 Å². The van der Waals surface area contributed by atoms with Crippen LogP contribution in [0.2, 0.25) is 0 Å². The molecule has 31 heavy (non-hydrogen) atoms. The molecule has 0 atom stereocenters. The van der Waals surface area contributed by atoms with Gasteiger partial charge in [0.15, 0.2) is 5.82 Å². The highest BCUT2D eigenvalue weighted by atomic mass is 32.2. The van der Waals surface area contributed by atoms with E-state index in [4.69, 9.17) is 0 Å². The molecule has 1 saturated heterocycles. The van der Waals surface area contributed by atoms with Crippen LogP contribution < -0.4 is 4.90 Å². The summed E-state index contributed by atoms with van der Waals surface area (Å²) in [4.78, 5) is 2.10. The minimum absolute atomic E-state index is 0.141. The first-order valence-electron chi connectivity index (χ1n) is 10.7. The summed E-state index contributed by atoms with van der Waals surface area (Å²) < 4.78 is 27.1. The monoisotopic (exact) mass is 436 g/mol. The van der Waals surface area contributed by atoms with E-state index in [1.54, 1.807) is 4.31 Å². The Kier molecular flexibility index (Phi) is 6.63. The summed E-state index contributed by atoms with van der Waals surface area (Å²) in [5, 5.41) is 8.78. The van der Waals surface area contributed by atoms with Crippen molar-refractivity contribution in [3.8, 4) is 11.3 Å². The molecule has 0 aliphatic carbocycles. The van der Waals surface area contributed by atoms with Crippen molar-refractivity contribution >= 4 is 15.8 Å². The maximum atomic E-state index is 12.7. The van der Waals surface area contributed by atoms with Crippen molar-refractivity contribution < 1.29 is 8.42 Å². The van der Waals surface area contributed by atoms with Crippen molar-refractivity contribution in [3.63, 3.8) is 0 Å². The van der Waals surface area contributed by atoms with Gasteiger partial charge in [0.25, 0.3) is 0 Å². The molecular formula is C24H28N4O2S. The van der Waals surface area contributed by atoms with E-state index in [-0.39, 0.29) is 5.75 Å². The van der Waals surface area contributed by atoms with Gasteiger partial charge in [-0.3, -0.25) is 0 Å². The SMILES string of the molecule is CCc1ccc(-c2ccc(N3CCN(S(=O)(=O)CCc4ccccc4)CC3)nn2)cc1. The van der Waals surface area contributed by atoms with E-state index in [1.165, 1.54) is 5.56 Å². The molecule has 1 aliphatic rings. The highest BCUT2D eigenvalue weighted by Gasteiger charge is 2.27. The summed E-state index contributed by atoms with van der Waals surface area (Å²) >= 11 is 0. The van der Waals surface area contributed by atoms with Crippen molar-refractivity contribution in [1.29, 1.82) is 0 Å². The van der Waals surface area contributed by atoms with Crippen LogP contribution in [0, 0.1) is 0 Å². The molecule has 0 bridgehead atoms. The number of rotatable bonds is 7. The zero-order valence-corrected chi connectivity index (χ0v) is 18.6. The Morgan fingerprint density at radius 2 is 1.52 bits per heavy atom. The van der Waals surface area contributed by atoms with Crippen molar-refractivity contribution in [2.45, 2.75) is 19.8 Å². The number of hydrogen-bond acceptors (Lipinski definition) is 5. The molecule has 0 saturated carbocycles. The van der Waals surface area contributed by atoms with Crippen LogP contribution in [-0.4, -0.2) is 54.9 Å². The number of hydrogen-bond donors (Lipinski definition) is 0. The quantitative estimate of drug-likeness (QED) is 0.568. The molecule has 1 aromatic heterocycles. The van der Waals surface area contributed by atoms with E-state index in [0.29, 0.717) is 32.6 Å². The van der Waals surface area contributed by atoms with E-state index in [9.17, 15) is 8.42 Å². The summed E-state index contributed by atoms with van der Waals surface area (Å²) in [5.74, 6) is 0.928. The smallest absolute Gasteiger partial charge is 0.214 e. The lowest BCUT2D eigenvalue weighted by molar-refractivity contribution is 0.383. The summed E-state index contributed by atoms with van der Waals surface area (Å²) in [6.07, 6.45) is 1.55. The van der Waals surface area contributed by atoms with Gasteiger partial charge in [0, 0.05) is 31.7 Å². The van der Waals surface area contributed by atoms with Crippen LogP contribution in [-0.2, 0) is 22.9 Å². The van der Waals surface area contributed by atoms with Gasteiger partial charge in [-0.2, -0.15) is 4.31 Å². The van der Waals surface area contributed by atoms with Crippen molar-refractivity contribution in [3.05, 3.63) is 77.9 Å². The van der Waals surface area contributed by atoms with E-state index in [2.05, 4.69) is 46.3 Å². The number of aryl methyl sites for hydroxylation is 2. The zero-order valence-electron chi connectivity index (χ0n) is 17.8. The molecule has 3 aromatic rings. The molecule has 0 spiro atoms. The van der Waals surface area contributed by atoms with Gasteiger partial charge in [0.2, 0.25) is 10.0 Å². The number of sulfonamides is 1. The Hall–Kier alpha value is -2.77. The van der Waals surface area contributed by atoms with Gasteiger partial charge >= 0.3 is 0 Å². The van der Waals surface area contributed by atoms with Crippen LogP contribution in [0.1, 0.15) is 18.1 Å². The van der Waals surface area contributed by atoms with Crippen LogP contribution in [0.15, 0.2) is 66.7 Å². The third kappa shape index (κ3) is 5.29. The first kappa shape index (κ1) is 21.5. The molecule has 4 rings (SSSR count). The number of benzene rings is 2. The average Bonchev–Trinajstić information content (AvgIpc) is 2.84. The predicted molar refractivity (Wildman–Crippen MR) is 125 cm³/mol. The van der Waals surface area contributed by atoms with Crippen LogP contribution in [0.3, 0.4) is 0 Å². The lowest BCUT2D eigenvalue weighted by Gasteiger charge is -2.34. The summed E-state index contributed by atoms with van der Waals surface area (Å²) in [6.45, 7) is 4.31. The van der Waals surface area contributed by atoms with Gasteiger partial charge in [-0.25, -0.2) is 8.42 Å². The largest absolute Gasteiger partial charge is 0.352 e. The Morgan fingerprint density at radius 3 is 2.13 bits per heavy atom. The molecule has 2 heterocycles. The molecule has 1 aliphatic heterocycles. The van der Waals surface area contributed by atoms with Crippen LogP contribution in [0.5, 0.6) is 0 Å². The minimum Gasteiger partial charge on any atom is -0.352 e. The second kappa shape index (κ2) is 9.58. The van der Waals surface area contributed by atoms with Gasteiger partial charge in [-0.1, -0.05) is 61.5 Å². The van der Waals surface area contributed by atoms with Crippen LogP contribution >= 0.6 is 0 Å². The summed E-state index contributed by atoms with van der Waals surface area (Å²) in [6, 6.07) is 22.1. The topological polar surface area (TPSA) is 66.4 Å². The highest BCUT2D eigenvalue weighted by Crippen LogP contribution is 2.21. The molecule has 162 valence electrons. The Bertz CT molecular complexity index is 1080. The first-order chi connectivity index (χ1) is 15.0. The average molecular weight is 437 g/mol. The molecule has 7 heteroatoms. The molecule has 0 N–H and O–H groups in total. The summed E-state index contributed by atoms with van der Waals surface area (Å²) in [7, 11) is -3.27. The maximum Gasteiger partial charge on any atom is 0.214 e. The van der Waals surface area contributed by atoms with E-state index in [0.717, 1.165) is 29.1 Å². The fraction of sp³-hybridized carbons (Fsp3) is 0.333. The predicted octanol–water partition coefficient (Wildman–Crippen LogP) is 3.40. The lowest BCUT2D eigenvalue weighted by atomic mass is 10.1. The molecule has 2 aromatic carbocycles. The maximum absolute atomic E-state index is 12.7.